The van der Waals surface area contributed by atoms with E-state index in [4.69, 9.17) is 23.2 Å². The zero-order valence-corrected chi connectivity index (χ0v) is 19.1. The van der Waals surface area contributed by atoms with Crippen molar-refractivity contribution in [3.63, 3.8) is 0 Å². The van der Waals surface area contributed by atoms with Crippen LogP contribution < -0.4 is 4.31 Å². The molecule has 0 aliphatic carbocycles. The first-order valence-corrected chi connectivity index (χ1v) is 11.9. The Hall–Kier alpha value is -2.54. The molecule has 0 atom stereocenters. The third-order valence-electron chi connectivity index (χ3n) is 5.25. The van der Waals surface area contributed by atoms with Gasteiger partial charge in [0, 0.05) is 30.7 Å². The zero-order valence-electron chi connectivity index (χ0n) is 16.8. The van der Waals surface area contributed by atoms with Crippen molar-refractivity contribution < 1.29 is 13.2 Å². The van der Waals surface area contributed by atoms with Crippen molar-refractivity contribution in [2.45, 2.75) is 17.9 Å². The highest BCUT2D eigenvalue weighted by Crippen LogP contribution is 2.35. The fourth-order valence-corrected chi connectivity index (χ4v) is 5.93. The van der Waals surface area contributed by atoms with Crippen molar-refractivity contribution in [2.24, 2.45) is 0 Å². The number of benzene rings is 3. The number of carbonyl (C=O) groups is 1. The van der Waals surface area contributed by atoms with Gasteiger partial charge in [-0.3, -0.25) is 9.10 Å². The zero-order chi connectivity index (χ0) is 22.2. The van der Waals surface area contributed by atoms with Gasteiger partial charge in [-0.15, -0.1) is 0 Å². The Labute approximate surface area is 191 Å². The van der Waals surface area contributed by atoms with Crippen LogP contribution in [0.4, 0.5) is 5.69 Å². The highest BCUT2D eigenvalue weighted by molar-refractivity contribution is 7.93. The van der Waals surface area contributed by atoms with Gasteiger partial charge in [0.2, 0.25) is 0 Å². The van der Waals surface area contributed by atoms with Crippen molar-refractivity contribution in [1.82, 2.24) is 4.90 Å². The molecule has 0 unspecified atom stereocenters. The van der Waals surface area contributed by atoms with Crippen LogP contribution in [0.3, 0.4) is 0 Å². The van der Waals surface area contributed by atoms with Crippen molar-refractivity contribution in [3.05, 3.63) is 93.5 Å². The molecule has 0 bridgehead atoms. The third kappa shape index (κ3) is 4.28. The minimum absolute atomic E-state index is 0.0760. The Bertz CT molecular complexity index is 1260. The van der Waals surface area contributed by atoms with Crippen molar-refractivity contribution in [3.8, 4) is 0 Å². The molecule has 1 amide bonds. The molecule has 1 aliphatic heterocycles. The van der Waals surface area contributed by atoms with Crippen molar-refractivity contribution in [1.29, 1.82) is 0 Å². The molecule has 3 aromatic carbocycles. The second kappa shape index (κ2) is 8.54. The van der Waals surface area contributed by atoms with Gasteiger partial charge >= 0.3 is 0 Å². The van der Waals surface area contributed by atoms with Crippen molar-refractivity contribution in [2.75, 3.05) is 17.9 Å². The molecule has 0 spiro atoms. The predicted octanol–water partition coefficient (Wildman–Crippen LogP) is 5.02. The van der Waals surface area contributed by atoms with Crippen LogP contribution in [0.1, 0.15) is 21.5 Å². The third-order valence-corrected chi connectivity index (χ3v) is 7.78. The molecule has 0 fully saturated rings. The van der Waals surface area contributed by atoms with Crippen LogP contribution in [0, 0.1) is 0 Å². The Balaban J connectivity index is 1.63. The predicted molar refractivity (Wildman–Crippen MR) is 123 cm³/mol. The number of nitrogens with zero attached hydrogens (tertiary/aromatic N) is 2. The molecule has 0 saturated heterocycles. The molecule has 0 N–H and O–H groups in total. The van der Waals surface area contributed by atoms with E-state index in [-0.39, 0.29) is 21.4 Å². The smallest absolute Gasteiger partial charge is 0.265 e. The quantitative estimate of drug-likeness (QED) is 0.521. The lowest BCUT2D eigenvalue weighted by Crippen LogP contribution is -2.30. The minimum atomic E-state index is -3.92. The molecule has 0 radical (unpaired) electrons. The molecule has 4 rings (SSSR count). The average Bonchev–Trinajstić information content (AvgIpc) is 3.18. The molecular formula is C23H20Cl2N2O3S. The number of rotatable bonds is 5. The number of amides is 1. The number of hydrogen-bond acceptors (Lipinski definition) is 3. The van der Waals surface area contributed by atoms with Crippen LogP contribution in [0.25, 0.3) is 0 Å². The fraction of sp³-hybridized carbons (Fsp3) is 0.174. The standard InChI is InChI=1S/C23H20Cl2N2O3S/c1-26(15-16-5-4-7-19(24)13-16)23(28)18-9-10-20(25)22(14-18)31(29,30)27-12-11-17-6-2-3-8-21(17)27/h2-10,13-14H,11-12,15H2,1H3. The van der Waals surface area contributed by atoms with Crippen LogP contribution in [0.5, 0.6) is 0 Å². The SMILES string of the molecule is CN(Cc1cccc(Cl)c1)C(=O)c1ccc(Cl)c(S(=O)(=O)N2CCc3ccccc32)c1. The van der Waals surface area contributed by atoms with Crippen LogP contribution in [0.2, 0.25) is 10.0 Å². The molecule has 8 heteroatoms. The molecule has 31 heavy (non-hydrogen) atoms. The van der Waals surface area contributed by atoms with Crippen LogP contribution in [-0.4, -0.2) is 32.8 Å². The number of carbonyl (C=O) groups excluding carboxylic acids is 1. The normalized spacial score (nSPS) is 13.2. The van der Waals surface area contributed by atoms with E-state index < -0.39 is 10.0 Å². The van der Waals surface area contributed by atoms with E-state index in [0.29, 0.717) is 30.2 Å². The summed E-state index contributed by atoms with van der Waals surface area (Å²) in [7, 11) is -2.26. The highest BCUT2D eigenvalue weighted by Gasteiger charge is 2.32. The number of sulfonamides is 1. The summed E-state index contributed by atoms with van der Waals surface area (Å²) in [6.45, 7) is 0.675. The topological polar surface area (TPSA) is 57.7 Å². The summed E-state index contributed by atoms with van der Waals surface area (Å²) in [5, 5.41) is 0.669. The minimum Gasteiger partial charge on any atom is -0.337 e. The maximum atomic E-state index is 13.4. The number of halogens is 2. The lowest BCUT2D eigenvalue weighted by Gasteiger charge is -2.22. The summed E-state index contributed by atoms with van der Waals surface area (Å²) in [5.74, 6) is -0.310. The molecule has 1 aliphatic rings. The molecular weight excluding hydrogens is 455 g/mol. The Morgan fingerprint density at radius 1 is 1.03 bits per heavy atom. The number of fused-ring (bicyclic) bond motifs is 1. The molecule has 0 aromatic heterocycles. The van der Waals surface area contributed by atoms with E-state index in [9.17, 15) is 13.2 Å². The maximum absolute atomic E-state index is 13.4. The van der Waals surface area contributed by atoms with E-state index in [1.54, 1.807) is 31.3 Å². The lowest BCUT2D eigenvalue weighted by atomic mass is 10.1. The molecule has 160 valence electrons. The monoisotopic (exact) mass is 474 g/mol. The maximum Gasteiger partial charge on any atom is 0.265 e. The van der Waals surface area contributed by atoms with Gasteiger partial charge in [0.05, 0.1) is 10.7 Å². The highest BCUT2D eigenvalue weighted by atomic mass is 35.5. The van der Waals surface area contributed by atoms with Gasteiger partial charge in [0.25, 0.3) is 15.9 Å². The fourth-order valence-electron chi connectivity index (χ4n) is 3.71. The first kappa shape index (κ1) is 21.7. The van der Waals surface area contributed by atoms with Gasteiger partial charge in [-0.1, -0.05) is 53.5 Å². The summed E-state index contributed by atoms with van der Waals surface area (Å²) in [4.78, 5) is 14.4. The van der Waals surface area contributed by atoms with Gasteiger partial charge in [-0.05, 0) is 53.9 Å². The van der Waals surface area contributed by atoms with E-state index in [0.717, 1.165) is 11.1 Å². The summed E-state index contributed by atoms with van der Waals surface area (Å²) >= 11 is 12.3. The first-order chi connectivity index (χ1) is 14.8. The molecule has 5 nitrogen and oxygen atoms in total. The van der Waals surface area contributed by atoms with E-state index >= 15 is 0 Å². The first-order valence-electron chi connectivity index (χ1n) is 9.67. The molecule has 3 aromatic rings. The summed E-state index contributed by atoms with van der Waals surface area (Å²) in [6, 6.07) is 19.0. The van der Waals surface area contributed by atoms with E-state index in [1.807, 2.05) is 24.3 Å². The Morgan fingerprint density at radius 3 is 2.58 bits per heavy atom. The number of hydrogen-bond donors (Lipinski definition) is 0. The van der Waals surface area contributed by atoms with Gasteiger partial charge in [0.1, 0.15) is 4.90 Å². The summed E-state index contributed by atoms with van der Waals surface area (Å²) < 4.78 is 28.1. The largest absolute Gasteiger partial charge is 0.337 e. The van der Waals surface area contributed by atoms with Crippen LogP contribution in [0.15, 0.2) is 71.6 Å². The van der Waals surface area contributed by atoms with E-state index in [1.165, 1.54) is 27.4 Å². The van der Waals surface area contributed by atoms with Gasteiger partial charge in [-0.2, -0.15) is 0 Å². The van der Waals surface area contributed by atoms with Gasteiger partial charge in [0.15, 0.2) is 0 Å². The lowest BCUT2D eigenvalue weighted by molar-refractivity contribution is 0.0785. The number of para-hydroxylation sites is 1. The molecule has 0 saturated carbocycles. The Morgan fingerprint density at radius 2 is 1.81 bits per heavy atom. The van der Waals surface area contributed by atoms with E-state index in [2.05, 4.69) is 0 Å². The Kier molecular flexibility index (Phi) is 5.97. The van der Waals surface area contributed by atoms with Crippen LogP contribution >= 0.6 is 23.2 Å². The van der Waals surface area contributed by atoms with Gasteiger partial charge in [-0.25, -0.2) is 8.42 Å². The second-order valence-electron chi connectivity index (χ2n) is 7.39. The van der Waals surface area contributed by atoms with Gasteiger partial charge < -0.3 is 4.90 Å². The average molecular weight is 475 g/mol. The molecule has 1 heterocycles. The van der Waals surface area contributed by atoms with Crippen molar-refractivity contribution >= 4 is 44.8 Å². The second-order valence-corrected chi connectivity index (χ2v) is 10.1. The van der Waals surface area contributed by atoms with Crippen LogP contribution in [-0.2, 0) is 23.0 Å². The summed E-state index contributed by atoms with van der Waals surface area (Å²) in [5.41, 5.74) is 2.74. The summed E-state index contributed by atoms with van der Waals surface area (Å²) in [6.07, 6.45) is 0.633. The number of anilines is 1.